The molecule has 1 aromatic heterocycles. The molecule has 1 unspecified atom stereocenters. The van der Waals surface area contributed by atoms with Gasteiger partial charge in [-0.25, -0.2) is 0 Å². The zero-order chi connectivity index (χ0) is 8.97. The van der Waals surface area contributed by atoms with Crippen LogP contribution in [0.4, 0.5) is 0 Å². The van der Waals surface area contributed by atoms with Crippen LogP contribution in [-0.2, 0) is 6.42 Å². The number of rotatable bonds is 3. The maximum absolute atomic E-state index is 8.36. The Morgan fingerprint density at radius 2 is 2.42 bits per heavy atom. The van der Waals surface area contributed by atoms with E-state index >= 15 is 0 Å². The van der Waals surface area contributed by atoms with Crippen molar-refractivity contribution in [2.24, 2.45) is 0 Å². The maximum Gasteiger partial charge on any atom is 0.176 e. The smallest absolute Gasteiger partial charge is 0.176 e. The Hall–Kier alpha value is -1.01. The zero-order valence-corrected chi connectivity index (χ0v) is 8.11. The van der Waals surface area contributed by atoms with E-state index in [0.717, 1.165) is 6.42 Å². The first kappa shape index (κ1) is 9.08. The van der Waals surface area contributed by atoms with Gasteiger partial charge in [0.15, 0.2) is 6.19 Å². The van der Waals surface area contributed by atoms with E-state index in [1.165, 1.54) is 9.75 Å². The highest BCUT2D eigenvalue weighted by atomic mass is 32.1. The summed E-state index contributed by atoms with van der Waals surface area (Å²) in [5, 5.41) is 11.1. The topological polar surface area (TPSA) is 35.8 Å². The van der Waals surface area contributed by atoms with Crippen molar-refractivity contribution in [1.82, 2.24) is 5.32 Å². The van der Waals surface area contributed by atoms with Crippen LogP contribution in [0, 0.1) is 18.4 Å². The second-order valence-electron chi connectivity index (χ2n) is 2.87. The van der Waals surface area contributed by atoms with E-state index in [-0.39, 0.29) is 6.04 Å². The molecule has 1 atom stereocenters. The molecule has 0 aliphatic rings. The first-order chi connectivity index (χ1) is 5.72. The van der Waals surface area contributed by atoms with Gasteiger partial charge in [-0.05, 0) is 26.0 Å². The van der Waals surface area contributed by atoms with Crippen LogP contribution in [-0.4, -0.2) is 6.04 Å². The van der Waals surface area contributed by atoms with Gasteiger partial charge in [0.05, 0.1) is 0 Å². The third-order valence-corrected chi connectivity index (χ3v) is 2.64. The molecular formula is C9H12N2S. The molecule has 0 aliphatic heterocycles. The maximum atomic E-state index is 8.36. The first-order valence-corrected chi connectivity index (χ1v) is 4.74. The summed E-state index contributed by atoms with van der Waals surface area (Å²) in [6, 6.07) is 4.47. The number of thiophene rings is 1. The van der Waals surface area contributed by atoms with Crippen molar-refractivity contribution in [1.29, 1.82) is 5.26 Å². The van der Waals surface area contributed by atoms with Crippen LogP contribution in [0.15, 0.2) is 12.1 Å². The fourth-order valence-corrected chi connectivity index (χ4v) is 2.08. The Morgan fingerprint density at radius 3 is 2.92 bits per heavy atom. The van der Waals surface area contributed by atoms with Crippen LogP contribution in [0.25, 0.3) is 0 Å². The number of nitrogens with one attached hydrogen (secondary N) is 1. The van der Waals surface area contributed by atoms with Crippen molar-refractivity contribution in [3.8, 4) is 6.19 Å². The molecule has 1 N–H and O–H groups in total. The van der Waals surface area contributed by atoms with Crippen molar-refractivity contribution in [2.75, 3.05) is 0 Å². The fraction of sp³-hybridized carbons (Fsp3) is 0.444. The average Bonchev–Trinajstić information content (AvgIpc) is 2.36. The van der Waals surface area contributed by atoms with Crippen molar-refractivity contribution in [3.63, 3.8) is 0 Å². The minimum Gasteiger partial charge on any atom is -0.321 e. The molecule has 2 nitrogen and oxygen atoms in total. The number of nitriles is 1. The number of hydrogen-bond donors (Lipinski definition) is 1. The number of aryl methyl sites for hydroxylation is 1. The molecule has 1 heterocycles. The summed E-state index contributed by atoms with van der Waals surface area (Å²) in [7, 11) is 0. The first-order valence-electron chi connectivity index (χ1n) is 3.92. The van der Waals surface area contributed by atoms with E-state index in [4.69, 9.17) is 5.26 Å². The van der Waals surface area contributed by atoms with Crippen LogP contribution >= 0.6 is 11.3 Å². The van der Waals surface area contributed by atoms with Gasteiger partial charge in [0.1, 0.15) is 0 Å². The highest BCUT2D eigenvalue weighted by molar-refractivity contribution is 7.11. The molecule has 0 amide bonds. The van der Waals surface area contributed by atoms with Crippen LogP contribution < -0.4 is 5.32 Å². The molecule has 0 bridgehead atoms. The van der Waals surface area contributed by atoms with Crippen LogP contribution in [0.1, 0.15) is 16.7 Å². The second kappa shape index (κ2) is 4.13. The summed E-state index contributed by atoms with van der Waals surface area (Å²) in [5.74, 6) is 0. The Bertz CT molecular complexity index is 285. The van der Waals surface area contributed by atoms with Crippen LogP contribution in [0.3, 0.4) is 0 Å². The Kier molecular flexibility index (Phi) is 3.12. The third-order valence-electron chi connectivity index (χ3n) is 1.61. The van der Waals surface area contributed by atoms with Crippen LogP contribution in [0.2, 0.25) is 0 Å². The summed E-state index contributed by atoms with van der Waals surface area (Å²) >= 11 is 1.79. The average molecular weight is 180 g/mol. The molecule has 0 aliphatic carbocycles. The molecular weight excluding hydrogens is 168 g/mol. The lowest BCUT2D eigenvalue weighted by Gasteiger charge is -2.05. The summed E-state index contributed by atoms with van der Waals surface area (Å²) < 4.78 is 0. The van der Waals surface area contributed by atoms with Gasteiger partial charge in [-0.15, -0.1) is 11.3 Å². The molecule has 0 saturated carbocycles. The molecule has 0 fully saturated rings. The second-order valence-corrected chi connectivity index (χ2v) is 4.25. The van der Waals surface area contributed by atoms with Gasteiger partial charge < -0.3 is 5.32 Å². The summed E-state index contributed by atoms with van der Waals surface area (Å²) in [4.78, 5) is 2.66. The molecule has 64 valence electrons. The molecule has 1 rings (SSSR count). The molecule has 3 heteroatoms. The summed E-state index contributed by atoms with van der Waals surface area (Å²) in [6.07, 6.45) is 2.89. The van der Waals surface area contributed by atoms with E-state index in [2.05, 4.69) is 24.4 Å². The zero-order valence-electron chi connectivity index (χ0n) is 7.29. The monoisotopic (exact) mass is 180 g/mol. The Balaban J connectivity index is 2.47. The van der Waals surface area contributed by atoms with Gasteiger partial charge in [-0.3, -0.25) is 0 Å². The molecule has 1 aromatic rings. The SMILES string of the molecule is Cc1ccc(CC(C)NC#N)s1. The van der Waals surface area contributed by atoms with Gasteiger partial charge >= 0.3 is 0 Å². The molecule has 0 spiro atoms. The van der Waals surface area contributed by atoms with Crippen LogP contribution in [0.5, 0.6) is 0 Å². The lowest BCUT2D eigenvalue weighted by atomic mass is 10.2. The van der Waals surface area contributed by atoms with Gasteiger partial charge in [-0.1, -0.05) is 0 Å². The lowest BCUT2D eigenvalue weighted by Crippen LogP contribution is -2.22. The quantitative estimate of drug-likeness (QED) is 0.571. The standard InChI is InChI=1S/C9H12N2S/c1-7(11-6-10)5-9-4-3-8(2)12-9/h3-4,7,11H,5H2,1-2H3. The van der Waals surface area contributed by atoms with E-state index in [9.17, 15) is 0 Å². The minimum atomic E-state index is 0.244. The third kappa shape index (κ3) is 2.55. The fourth-order valence-electron chi connectivity index (χ4n) is 1.06. The molecule has 0 saturated heterocycles. The Labute approximate surface area is 76.8 Å². The van der Waals surface area contributed by atoms with Gasteiger partial charge in [-0.2, -0.15) is 5.26 Å². The summed E-state index contributed by atoms with van der Waals surface area (Å²) in [5.41, 5.74) is 0. The van der Waals surface area contributed by atoms with Crippen molar-refractivity contribution in [2.45, 2.75) is 26.3 Å². The van der Waals surface area contributed by atoms with Crippen molar-refractivity contribution < 1.29 is 0 Å². The van der Waals surface area contributed by atoms with Gasteiger partial charge in [0.25, 0.3) is 0 Å². The number of nitrogens with zero attached hydrogens (tertiary/aromatic N) is 1. The molecule has 0 aromatic carbocycles. The lowest BCUT2D eigenvalue weighted by molar-refractivity contribution is 0.650. The van der Waals surface area contributed by atoms with Gasteiger partial charge in [0.2, 0.25) is 0 Å². The van der Waals surface area contributed by atoms with E-state index in [1.807, 2.05) is 13.1 Å². The Morgan fingerprint density at radius 1 is 1.67 bits per heavy atom. The van der Waals surface area contributed by atoms with E-state index in [1.54, 1.807) is 11.3 Å². The van der Waals surface area contributed by atoms with Crippen molar-refractivity contribution >= 4 is 11.3 Å². The van der Waals surface area contributed by atoms with Crippen molar-refractivity contribution in [3.05, 3.63) is 21.9 Å². The summed E-state index contributed by atoms with van der Waals surface area (Å²) in [6.45, 7) is 4.11. The largest absolute Gasteiger partial charge is 0.321 e. The number of hydrogen-bond acceptors (Lipinski definition) is 3. The van der Waals surface area contributed by atoms with E-state index < -0.39 is 0 Å². The highest BCUT2D eigenvalue weighted by Crippen LogP contribution is 2.16. The predicted octanol–water partition coefficient (Wildman–Crippen LogP) is 2.06. The highest BCUT2D eigenvalue weighted by Gasteiger charge is 2.03. The molecule has 12 heavy (non-hydrogen) atoms. The van der Waals surface area contributed by atoms with E-state index in [0.29, 0.717) is 0 Å². The normalized spacial score (nSPS) is 12.1. The predicted molar refractivity (Wildman–Crippen MR) is 51.0 cm³/mol. The van der Waals surface area contributed by atoms with Gasteiger partial charge in [0, 0.05) is 22.2 Å². The molecule has 0 radical (unpaired) electrons. The minimum absolute atomic E-state index is 0.244.